The van der Waals surface area contributed by atoms with Crippen LogP contribution >= 0.6 is 0 Å². The van der Waals surface area contributed by atoms with Gasteiger partial charge in [-0.2, -0.15) is 5.10 Å². The number of nitrogens with zero attached hydrogens (tertiary/aromatic N) is 3. The molecule has 0 fully saturated rings. The molecule has 0 aliphatic rings. The van der Waals surface area contributed by atoms with E-state index in [2.05, 4.69) is 15.5 Å². The first-order chi connectivity index (χ1) is 12.6. The molecule has 2 aromatic carbocycles. The summed E-state index contributed by atoms with van der Waals surface area (Å²) in [5.41, 5.74) is 6.63. The van der Waals surface area contributed by atoms with Gasteiger partial charge >= 0.3 is 0 Å². The lowest BCUT2D eigenvalue weighted by molar-refractivity contribution is -0.124. The fraction of sp³-hybridized carbons (Fsp3) is 0.190. The molecule has 132 valence electrons. The van der Waals surface area contributed by atoms with E-state index in [1.165, 1.54) is 0 Å². The van der Waals surface area contributed by atoms with Crippen LogP contribution in [0.5, 0.6) is 0 Å². The van der Waals surface area contributed by atoms with Crippen molar-refractivity contribution in [3.8, 4) is 0 Å². The monoisotopic (exact) mass is 346 g/mol. The molecular weight excluding hydrogens is 324 g/mol. The van der Waals surface area contributed by atoms with Crippen LogP contribution in [0, 0.1) is 5.92 Å². The summed E-state index contributed by atoms with van der Waals surface area (Å²) in [5.74, 6) is -0.338. The smallest absolute Gasteiger partial charge is 0.244 e. The van der Waals surface area contributed by atoms with Crippen LogP contribution < -0.4 is 5.43 Å². The third kappa shape index (κ3) is 4.45. The molecule has 0 spiro atoms. The van der Waals surface area contributed by atoms with E-state index < -0.39 is 0 Å². The third-order valence-corrected chi connectivity index (χ3v) is 4.08. The quantitative estimate of drug-likeness (QED) is 0.544. The van der Waals surface area contributed by atoms with Crippen molar-refractivity contribution in [2.24, 2.45) is 11.0 Å². The standard InChI is InChI=1S/C21H22N4O/c1-16(12-18-8-4-3-5-9-18)13-23-24-21(26)17(2)14-25-15-22-19-10-6-7-11-20(19)25/h3-13,15,17H,14H2,1-2H3,(H,24,26)/b16-12+,23-13+. The minimum atomic E-state index is -0.219. The number of fused-ring (bicyclic) bond motifs is 1. The van der Waals surface area contributed by atoms with Gasteiger partial charge in [0.05, 0.1) is 29.5 Å². The molecule has 26 heavy (non-hydrogen) atoms. The maximum Gasteiger partial charge on any atom is 0.244 e. The number of nitrogens with one attached hydrogen (secondary N) is 1. The van der Waals surface area contributed by atoms with Crippen molar-refractivity contribution in [1.29, 1.82) is 0 Å². The van der Waals surface area contributed by atoms with Gasteiger partial charge in [-0.05, 0) is 30.2 Å². The highest BCUT2D eigenvalue weighted by atomic mass is 16.2. The van der Waals surface area contributed by atoms with Gasteiger partial charge in [0.15, 0.2) is 0 Å². The number of benzene rings is 2. The predicted octanol–water partition coefficient (Wildman–Crippen LogP) is 3.88. The Hall–Kier alpha value is -3.21. The summed E-state index contributed by atoms with van der Waals surface area (Å²) in [4.78, 5) is 16.6. The van der Waals surface area contributed by atoms with Gasteiger partial charge in [0.2, 0.25) is 5.91 Å². The lowest BCUT2D eigenvalue weighted by Crippen LogP contribution is -2.27. The SMILES string of the molecule is CC(/C=N/NC(=O)C(C)Cn1cnc2ccccc21)=C\c1ccccc1. The Bertz CT molecular complexity index is 941. The molecule has 0 saturated carbocycles. The third-order valence-electron chi connectivity index (χ3n) is 4.08. The van der Waals surface area contributed by atoms with E-state index in [1.54, 1.807) is 12.5 Å². The molecular formula is C21H22N4O. The molecule has 1 heterocycles. The molecule has 1 amide bonds. The number of aromatic nitrogens is 2. The highest BCUT2D eigenvalue weighted by Crippen LogP contribution is 2.13. The number of imidazole rings is 1. The average molecular weight is 346 g/mol. The van der Waals surface area contributed by atoms with E-state index in [0.29, 0.717) is 6.54 Å². The molecule has 3 aromatic rings. The summed E-state index contributed by atoms with van der Waals surface area (Å²) >= 11 is 0. The molecule has 0 aliphatic carbocycles. The van der Waals surface area contributed by atoms with E-state index in [-0.39, 0.29) is 11.8 Å². The van der Waals surface area contributed by atoms with Crippen LogP contribution in [0.3, 0.4) is 0 Å². The zero-order valence-corrected chi connectivity index (χ0v) is 15.0. The second kappa shape index (κ2) is 8.25. The second-order valence-corrected chi connectivity index (χ2v) is 6.32. The highest BCUT2D eigenvalue weighted by Gasteiger charge is 2.14. The highest BCUT2D eigenvalue weighted by molar-refractivity contribution is 5.86. The van der Waals surface area contributed by atoms with E-state index in [9.17, 15) is 4.79 Å². The van der Waals surface area contributed by atoms with E-state index in [1.807, 2.05) is 79.1 Å². The summed E-state index contributed by atoms with van der Waals surface area (Å²) < 4.78 is 1.99. The Kier molecular flexibility index (Phi) is 5.59. The van der Waals surface area contributed by atoms with Gasteiger partial charge in [-0.1, -0.05) is 55.5 Å². The number of hydrogen-bond donors (Lipinski definition) is 1. The number of amides is 1. The number of hydrogen-bond acceptors (Lipinski definition) is 3. The average Bonchev–Trinajstić information content (AvgIpc) is 3.05. The lowest BCUT2D eigenvalue weighted by atomic mass is 10.1. The molecule has 0 bridgehead atoms. The molecule has 0 radical (unpaired) electrons. The zero-order valence-electron chi connectivity index (χ0n) is 15.0. The van der Waals surface area contributed by atoms with Gasteiger partial charge in [-0.3, -0.25) is 4.79 Å². The minimum Gasteiger partial charge on any atom is -0.330 e. The van der Waals surface area contributed by atoms with Gasteiger partial charge < -0.3 is 4.57 Å². The van der Waals surface area contributed by atoms with Crippen molar-refractivity contribution in [2.45, 2.75) is 20.4 Å². The lowest BCUT2D eigenvalue weighted by Gasteiger charge is -2.11. The fourth-order valence-electron chi connectivity index (χ4n) is 2.69. The van der Waals surface area contributed by atoms with Gasteiger partial charge in [0.25, 0.3) is 0 Å². The van der Waals surface area contributed by atoms with Crippen molar-refractivity contribution in [1.82, 2.24) is 15.0 Å². The number of carbonyl (C=O) groups is 1. The van der Waals surface area contributed by atoms with Crippen LogP contribution in [0.2, 0.25) is 0 Å². The maximum absolute atomic E-state index is 12.3. The van der Waals surface area contributed by atoms with Crippen LogP contribution in [0.4, 0.5) is 0 Å². The number of hydrazone groups is 1. The van der Waals surface area contributed by atoms with Gasteiger partial charge in [-0.25, -0.2) is 10.4 Å². The summed E-state index contributed by atoms with van der Waals surface area (Å²) in [6.45, 7) is 4.39. The van der Waals surface area contributed by atoms with Crippen molar-refractivity contribution in [2.75, 3.05) is 0 Å². The molecule has 3 rings (SSSR count). The van der Waals surface area contributed by atoms with Crippen molar-refractivity contribution < 1.29 is 4.79 Å². The number of rotatable bonds is 6. The molecule has 0 saturated heterocycles. The van der Waals surface area contributed by atoms with Crippen LogP contribution in [0.15, 0.2) is 71.6 Å². The Labute approximate surface area is 153 Å². The first-order valence-electron chi connectivity index (χ1n) is 8.59. The van der Waals surface area contributed by atoms with Crippen LogP contribution in [-0.4, -0.2) is 21.7 Å². The van der Waals surface area contributed by atoms with Crippen molar-refractivity contribution in [3.05, 3.63) is 72.1 Å². The van der Waals surface area contributed by atoms with Gasteiger partial charge in [-0.15, -0.1) is 0 Å². The predicted molar refractivity (Wildman–Crippen MR) is 106 cm³/mol. The summed E-state index contributed by atoms with van der Waals surface area (Å²) in [6.07, 6.45) is 5.44. The Morgan fingerprint density at radius 3 is 2.73 bits per heavy atom. The molecule has 5 nitrogen and oxygen atoms in total. The van der Waals surface area contributed by atoms with E-state index in [0.717, 1.165) is 22.2 Å². The van der Waals surface area contributed by atoms with Gasteiger partial charge in [0, 0.05) is 6.54 Å². The first kappa shape index (κ1) is 17.6. The Morgan fingerprint density at radius 1 is 1.19 bits per heavy atom. The minimum absolute atomic E-state index is 0.119. The Balaban J connectivity index is 1.56. The topological polar surface area (TPSA) is 59.3 Å². The number of allylic oxidation sites excluding steroid dienone is 1. The molecule has 1 atom stereocenters. The molecule has 1 unspecified atom stereocenters. The Morgan fingerprint density at radius 2 is 1.92 bits per heavy atom. The summed E-state index contributed by atoms with van der Waals surface area (Å²) in [7, 11) is 0. The van der Waals surface area contributed by atoms with Crippen molar-refractivity contribution in [3.63, 3.8) is 0 Å². The molecule has 1 N–H and O–H groups in total. The second-order valence-electron chi connectivity index (χ2n) is 6.32. The first-order valence-corrected chi connectivity index (χ1v) is 8.59. The van der Waals surface area contributed by atoms with E-state index >= 15 is 0 Å². The largest absolute Gasteiger partial charge is 0.330 e. The van der Waals surface area contributed by atoms with Crippen LogP contribution in [0.25, 0.3) is 17.1 Å². The van der Waals surface area contributed by atoms with Crippen molar-refractivity contribution >= 4 is 29.2 Å². The molecule has 0 aliphatic heterocycles. The van der Waals surface area contributed by atoms with Crippen LogP contribution in [-0.2, 0) is 11.3 Å². The maximum atomic E-state index is 12.3. The molecule has 5 heteroatoms. The normalized spacial score (nSPS) is 13.2. The number of para-hydroxylation sites is 2. The zero-order chi connectivity index (χ0) is 18.4. The van der Waals surface area contributed by atoms with E-state index in [4.69, 9.17) is 0 Å². The van der Waals surface area contributed by atoms with Crippen LogP contribution in [0.1, 0.15) is 19.4 Å². The number of carbonyl (C=O) groups excluding carboxylic acids is 1. The molecule has 1 aromatic heterocycles. The van der Waals surface area contributed by atoms with Gasteiger partial charge in [0.1, 0.15) is 0 Å². The summed E-state index contributed by atoms with van der Waals surface area (Å²) in [5, 5.41) is 4.06. The summed E-state index contributed by atoms with van der Waals surface area (Å²) in [6, 6.07) is 17.9. The fourth-order valence-corrected chi connectivity index (χ4v) is 2.69.